The van der Waals surface area contributed by atoms with Gasteiger partial charge in [0.2, 0.25) is 0 Å². The number of benzene rings is 2. The van der Waals surface area contributed by atoms with Crippen molar-refractivity contribution in [2.75, 3.05) is 0 Å². The lowest BCUT2D eigenvalue weighted by atomic mass is 9.70. The van der Waals surface area contributed by atoms with E-state index >= 15 is 0 Å². The zero-order chi connectivity index (χ0) is 19.1. The number of aliphatic hydroxyl groups is 1. The largest absolute Gasteiger partial charge is 0.489 e. The van der Waals surface area contributed by atoms with Gasteiger partial charge in [-0.2, -0.15) is 0 Å². The maximum atomic E-state index is 11.4. The SMILES string of the molecule is CC=C(C)CC(c1ccc(OCc2ccccc2)cc1)C1(O)CCCCC1. The number of ether oxygens (including phenoxy) is 1. The summed E-state index contributed by atoms with van der Waals surface area (Å²) in [5.74, 6) is 1.02. The van der Waals surface area contributed by atoms with Crippen LogP contribution in [0, 0.1) is 0 Å². The molecule has 2 heteroatoms. The summed E-state index contributed by atoms with van der Waals surface area (Å²) in [5, 5.41) is 11.4. The monoisotopic (exact) mass is 364 g/mol. The summed E-state index contributed by atoms with van der Waals surface area (Å²) in [6.07, 6.45) is 8.37. The minimum absolute atomic E-state index is 0.150. The predicted molar refractivity (Wildman–Crippen MR) is 112 cm³/mol. The molecule has 0 bridgehead atoms. The van der Waals surface area contributed by atoms with Gasteiger partial charge in [0, 0.05) is 5.92 Å². The summed E-state index contributed by atoms with van der Waals surface area (Å²) < 4.78 is 5.93. The zero-order valence-corrected chi connectivity index (χ0v) is 16.7. The van der Waals surface area contributed by atoms with Crippen molar-refractivity contribution in [1.82, 2.24) is 0 Å². The highest BCUT2D eigenvalue weighted by molar-refractivity contribution is 5.32. The fraction of sp³-hybridized carbons (Fsp3) is 0.440. The number of hydrogen-bond acceptors (Lipinski definition) is 2. The molecule has 0 aliphatic heterocycles. The minimum atomic E-state index is -0.588. The molecule has 2 aromatic carbocycles. The lowest BCUT2D eigenvalue weighted by molar-refractivity contribution is -0.0218. The molecule has 1 fully saturated rings. The Labute approximate surface area is 163 Å². The molecule has 0 amide bonds. The maximum absolute atomic E-state index is 11.4. The van der Waals surface area contributed by atoms with Crippen LogP contribution in [0.4, 0.5) is 0 Å². The Morgan fingerprint density at radius 3 is 2.33 bits per heavy atom. The van der Waals surface area contributed by atoms with Gasteiger partial charge < -0.3 is 9.84 Å². The van der Waals surface area contributed by atoms with Crippen LogP contribution in [0.5, 0.6) is 5.75 Å². The summed E-state index contributed by atoms with van der Waals surface area (Å²) >= 11 is 0. The molecule has 1 atom stereocenters. The lowest BCUT2D eigenvalue weighted by Gasteiger charge is -2.40. The van der Waals surface area contributed by atoms with Crippen LogP contribution < -0.4 is 4.74 Å². The first kappa shape index (κ1) is 19.7. The highest BCUT2D eigenvalue weighted by Crippen LogP contribution is 2.43. The Morgan fingerprint density at radius 2 is 1.70 bits per heavy atom. The molecule has 0 radical (unpaired) electrons. The normalized spacial score (nSPS) is 18.1. The Bertz CT molecular complexity index is 725. The fourth-order valence-electron chi connectivity index (χ4n) is 4.11. The van der Waals surface area contributed by atoms with E-state index in [1.807, 2.05) is 30.3 Å². The molecule has 1 N–H and O–H groups in total. The van der Waals surface area contributed by atoms with Crippen molar-refractivity contribution >= 4 is 0 Å². The highest BCUT2D eigenvalue weighted by Gasteiger charge is 2.38. The van der Waals surface area contributed by atoms with Crippen LogP contribution in [-0.4, -0.2) is 10.7 Å². The number of rotatable bonds is 7. The third kappa shape index (κ3) is 5.23. The Hall–Kier alpha value is -2.06. The van der Waals surface area contributed by atoms with E-state index in [1.54, 1.807) is 0 Å². The van der Waals surface area contributed by atoms with Gasteiger partial charge in [-0.1, -0.05) is 73.4 Å². The van der Waals surface area contributed by atoms with Crippen LogP contribution in [0.2, 0.25) is 0 Å². The van der Waals surface area contributed by atoms with Crippen LogP contribution in [0.25, 0.3) is 0 Å². The van der Waals surface area contributed by atoms with Gasteiger partial charge in [0.05, 0.1) is 5.60 Å². The molecule has 0 spiro atoms. The summed E-state index contributed by atoms with van der Waals surface area (Å²) in [4.78, 5) is 0. The molecule has 2 aromatic rings. The van der Waals surface area contributed by atoms with E-state index in [4.69, 9.17) is 4.74 Å². The van der Waals surface area contributed by atoms with Crippen LogP contribution in [0.15, 0.2) is 66.2 Å². The third-order valence-corrected chi connectivity index (χ3v) is 5.92. The standard InChI is InChI=1S/C25H32O2/c1-3-20(2)18-24(25(26)16-8-5-9-17-25)22-12-14-23(15-13-22)27-19-21-10-6-4-7-11-21/h3-4,6-7,10-15,24,26H,5,8-9,16-19H2,1-2H3. The predicted octanol–water partition coefficient (Wildman–Crippen LogP) is 6.40. The first-order chi connectivity index (χ1) is 13.1. The van der Waals surface area contributed by atoms with Crippen molar-refractivity contribution in [3.63, 3.8) is 0 Å². The summed E-state index contributed by atoms with van der Waals surface area (Å²) in [6.45, 7) is 4.82. The maximum Gasteiger partial charge on any atom is 0.119 e. The second-order valence-corrected chi connectivity index (χ2v) is 7.90. The minimum Gasteiger partial charge on any atom is -0.489 e. The molecule has 0 aromatic heterocycles. The van der Waals surface area contributed by atoms with Crippen molar-refractivity contribution in [1.29, 1.82) is 0 Å². The molecule has 2 nitrogen and oxygen atoms in total. The van der Waals surface area contributed by atoms with Gasteiger partial charge in [0.15, 0.2) is 0 Å². The Kier molecular flexibility index (Phi) is 6.73. The van der Waals surface area contributed by atoms with E-state index in [1.165, 1.54) is 23.1 Å². The lowest BCUT2D eigenvalue weighted by Crippen LogP contribution is -2.38. The van der Waals surface area contributed by atoms with Crippen LogP contribution in [0.3, 0.4) is 0 Å². The molecule has 144 valence electrons. The molecule has 0 heterocycles. The smallest absolute Gasteiger partial charge is 0.119 e. The second kappa shape index (κ2) is 9.23. The Morgan fingerprint density at radius 1 is 1.04 bits per heavy atom. The molecule has 3 rings (SSSR count). The van der Waals surface area contributed by atoms with Crippen LogP contribution >= 0.6 is 0 Å². The van der Waals surface area contributed by atoms with Crippen LogP contribution in [0.1, 0.15) is 69.4 Å². The summed E-state index contributed by atoms with van der Waals surface area (Å²) in [5.41, 5.74) is 3.13. The van der Waals surface area contributed by atoms with E-state index in [2.05, 4.69) is 44.2 Å². The van der Waals surface area contributed by atoms with Crippen molar-refractivity contribution in [3.8, 4) is 5.75 Å². The van der Waals surface area contributed by atoms with Gasteiger partial charge in [-0.3, -0.25) is 0 Å². The first-order valence-electron chi connectivity index (χ1n) is 10.2. The number of allylic oxidation sites excluding steroid dienone is 2. The van der Waals surface area contributed by atoms with Crippen molar-refractivity contribution in [3.05, 3.63) is 77.4 Å². The van der Waals surface area contributed by atoms with Gasteiger partial charge in [-0.25, -0.2) is 0 Å². The van der Waals surface area contributed by atoms with Gasteiger partial charge in [-0.05, 0) is 56.4 Å². The van der Waals surface area contributed by atoms with E-state index in [0.29, 0.717) is 6.61 Å². The fourth-order valence-corrected chi connectivity index (χ4v) is 4.11. The molecule has 1 aliphatic carbocycles. The van der Waals surface area contributed by atoms with E-state index < -0.39 is 5.60 Å². The van der Waals surface area contributed by atoms with Gasteiger partial charge >= 0.3 is 0 Å². The van der Waals surface area contributed by atoms with Crippen LogP contribution in [-0.2, 0) is 6.61 Å². The molecular formula is C25H32O2. The van der Waals surface area contributed by atoms with Crippen molar-refractivity contribution in [2.45, 2.75) is 70.5 Å². The highest BCUT2D eigenvalue weighted by atomic mass is 16.5. The zero-order valence-electron chi connectivity index (χ0n) is 16.7. The summed E-state index contributed by atoms with van der Waals surface area (Å²) in [6, 6.07) is 18.6. The molecule has 27 heavy (non-hydrogen) atoms. The van der Waals surface area contributed by atoms with E-state index in [9.17, 15) is 5.11 Å². The third-order valence-electron chi connectivity index (χ3n) is 5.92. The molecular weight excluding hydrogens is 332 g/mol. The molecule has 1 aliphatic rings. The van der Waals surface area contributed by atoms with Gasteiger partial charge in [0.25, 0.3) is 0 Å². The quantitative estimate of drug-likeness (QED) is 0.576. The molecule has 1 saturated carbocycles. The first-order valence-corrected chi connectivity index (χ1v) is 10.2. The topological polar surface area (TPSA) is 29.5 Å². The Balaban J connectivity index is 1.74. The van der Waals surface area contributed by atoms with Crippen molar-refractivity contribution in [2.24, 2.45) is 0 Å². The number of hydrogen-bond donors (Lipinski definition) is 1. The van der Waals surface area contributed by atoms with Gasteiger partial charge in [0.1, 0.15) is 12.4 Å². The molecule has 0 saturated heterocycles. The van der Waals surface area contributed by atoms with Crippen molar-refractivity contribution < 1.29 is 9.84 Å². The average molecular weight is 365 g/mol. The summed E-state index contributed by atoms with van der Waals surface area (Å²) in [7, 11) is 0. The van der Waals surface area contributed by atoms with E-state index in [-0.39, 0.29) is 5.92 Å². The molecule has 1 unspecified atom stereocenters. The average Bonchev–Trinajstić information content (AvgIpc) is 2.72. The van der Waals surface area contributed by atoms with E-state index in [0.717, 1.165) is 37.9 Å². The van der Waals surface area contributed by atoms with Gasteiger partial charge in [-0.15, -0.1) is 0 Å². The second-order valence-electron chi connectivity index (χ2n) is 7.90.